The molecule has 1 aromatic rings. The van der Waals surface area contributed by atoms with E-state index in [1.807, 2.05) is 0 Å². The first-order chi connectivity index (χ1) is 9.54. The molecule has 1 aliphatic rings. The summed E-state index contributed by atoms with van der Waals surface area (Å²) >= 11 is 5.98. The zero-order valence-electron chi connectivity index (χ0n) is 11.3. The van der Waals surface area contributed by atoms with Crippen molar-refractivity contribution in [2.75, 3.05) is 13.1 Å². The first kappa shape index (κ1) is 14.8. The fourth-order valence-electron chi connectivity index (χ4n) is 2.54. The number of rotatable bonds is 3. The van der Waals surface area contributed by atoms with Crippen molar-refractivity contribution in [2.45, 2.75) is 26.2 Å². The molecule has 2 rings (SSSR count). The van der Waals surface area contributed by atoms with Crippen LogP contribution in [0.1, 0.15) is 36.5 Å². The van der Waals surface area contributed by atoms with Crippen LogP contribution in [0.2, 0.25) is 5.02 Å². The number of carbonyl (C=O) groups excluding carboxylic acids is 1. The molecule has 6 heteroatoms. The molecular formula is C14H17ClN2O3. The van der Waals surface area contributed by atoms with Gasteiger partial charge in [-0.05, 0) is 24.8 Å². The van der Waals surface area contributed by atoms with Gasteiger partial charge in [0.25, 0.3) is 11.6 Å². The lowest BCUT2D eigenvalue weighted by atomic mass is 9.94. The Kier molecular flexibility index (Phi) is 4.60. The number of benzene rings is 1. The maximum absolute atomic E-state index is 12.4. The second-order valence-electron chi connectivity index (χ2n) is 5.04. The predicted octanol–water partition coefficient (Wildman–Crippen LogP) is 3.51. The van der Waals surface area contributed by atoms with Crippen molar-refractivity contribution in [1.82, 2.24) is 4.90 Å². The summed E-state index contributed by atoms with van der Waals surface area (Å²) in [5.74, 6) is 0.452. The standard InChI is InChI=1S/C14H17ClN2O3/c1-2-10-6-8-16(9-7-10)14(18)11-4-3-5-12(13(11)15)17(19)20/h3-5,10H,2,6-9H2,1H3. The Morgan fingerprint density at radius 2 is 2.10 bits per heavy atom. The molecule has 0 bridgehead atoms. The van der Waals surface area contributed by atoms with Crippen molar-refractivity contribution in [3.8, 4) is 0 Å². The highest BCUT2D eigenvalue weighted by Crippen LogP contribution is 2.30. The lowest BCUT2D eigenvalue weighted by molar-refractivity contribution is -0.384. The van der Waals surface area contributed by atoms with Crippen molar-refractivity contribution in [3.63, 3.8) is 0 Å². The fourth-order valence-corrected chi connectivity index (χ4v) is 2.82. The maximum atomic E-state index is 12.4. The Morgan fingerprint density at radius 1 is 1.45 bits per heavy atom. The molecular weight excluding hydrogens is 280 g/mol. The number of carbonyl (C=O) groups is 1. The maximum Gasteiger partial charge on any atom is 0.288 e. The molecule has 108 valence electrons. The smallest absolute Gasteiger partial charge is 0.288 e. The van der Waals surface area contributed by atoms with Crippen LogP contribution in [-0.2, 0) is 0 Å². The van der Waals surface area contributed by atoms with E-state index in [-0.39, 0.29) is 22.2 Å². The summed E-state index contributed by atoms with van der Waals surface area (Å²) in [6, 6.07) is 4.35. The molecule has 1 fully saturated rings. The van der Waals surface area contributed by atoms with Gasteiger partial charge >= 0.3 is 0 Å². The van der Waals surface area contributed by atoms with Crippen molar-refractivity contribution in [3.05, 3.63) is 38.9 Å². The summed E-state index contributed by atoms with van der Waals surface area (Å²) in [4.78, 5) is 24.4. The highest BCUT2D eigenvalue weighted by molar-refractivity contribution is 6.35. The molecule has 0 unspecified atom stereocenters. The van der Waals surface area contributed by atoms with Gasteiger partial charge in [-0.2, -0.15) is 0 Å². The monoisotopic (exact) mass is 296 g/mol. The first-order valence-electron chi connectivity index (χ1n) is 6.76. The van der Waals surface area contributed by atoms with Crippen molar-refractivity contribution in [2.24, 2.45) is 5.92 Å². The molecule has 1 aliphatic heterocycles. The Bertz CT molecular complexity index is 525. The SMILES string of the molecule is CCC1CCN(C(=O)c2cccc([N+](=O)[O-])c2Cl)CC1. The molecule has 20 heavy (non-hydrogen) atoms. The lowest BCUT2D eigenvalue weighted by Gasteiger charge is -2.31. The van der Waals surface area contributed by atoms with Crippen LogP contribution in [0, 0.1) is 16.0 Å². The van der Waals surface area contributed by atoms with Gasteiger partial charge in [0.2, 0.25) is 0 Å². The third kappa shape index (κ3) is 2.93. The Balaban J connectivity index is 2.18. The fraction of sp³-hybridized carbons (Fsp3) is 0.500. The van der Waals surface area contributed by atoms with E-state index in [0.717, 1.165) is 19.3 Å². The number of likely N-dealkylation sites (tertiary alicyclic amines) is 1. The minimum Gasteiger partial charge on any atom is -0.339 e. The van der Waals surface area contributed by atoms with E-state index in [1.165, 1.54) is 12.1 Å². The highest BCUT2D eigenvalue weighted by Gasteiger charge is 2.26. The van der Waals surface area contributed by atoms with Crippen molar-refractivity contribution >= 4 is 23.2 Å². The number of nitrogens with zero attached hydrogens (tertiary/aromatic N) is 2. The molecule has 0 spiro atoms. The Hall–Kier alpha value is -1.62. The van der Waals surface area contributed by atoms with E-state index in [2.05, 4.69) is 6.92 Å². The molecule has 0 radical (unpaired) electrons. The number of amides is 1. The van der Waals surface area contributed by atoms with E-state index in [0.29, 0.717) is 19.0 Å². The number of hydrogen-bond donors (Lipinski definition) is 0. The topological polar surface area (TPSA) is 63.5 Å². The number of nitro groups is 1. The quantitative estimate of drug-likeness (QED) is 0.633. The minimum atomic E-state index is -0.567. The normalized spacial score (nSPS) is 16.2. The highest BCUT2D eigenvalue weighted by atomic mass is 35.5. The summed E-state index contributed by atoms with van der Waals surface area (Å²) in [6.07, 6.45) is 3.09. The molecule has 0 aliphatic carbocycles. The van der Waals surface area contributed by atoms with E-state index in [4.69, 9.17) is 11.6 Å². The summed E-state index contributed by atoms with van der Waals surface area (Å²) < 4.78 is 0. The van der Waals surface area contributed by atoms with Gasteiger partial charge in [-0.15, -0.1) is 0 Å². The zero-order chi connectivity index (χ0) is 14.7. The van der Waals surface area contributed by atoms with Crippen LogP contribution in [0.25, 0.3) is 0 Å². The number of halogens is 1. The van der Waals surface area contributed by atoms with Crippen LogP contribution >= 0.6 is 11.6 Å². The Labute approximate surface area is 122 Å². The van der Waals surface area contributed by atoms with E-state index in [9.17, 15) is 14.9 Å². The van der Waals surface area contributed by atoms with E-state index < -0.39 is 4.92 Å². The second-order valence-corrected chi connectivity index (χ2v) is 5.42. The van der Waals surface area contributed by atoms with Crippen LogP contribution in [0.5, 0.6) is 0 Å². The summed E-state index contributed by atoms with van der Waals surface area (Å²) in [5, 5.41) is 10.8. The van der Waals surface area contributed by atoms with Gasteiger partial charge in [0.15, 0.2) is 0 Å². The van der Waals surface area contributed by atoms with Crippen molar-refractivity contribution in [1.29, 1.82) is 0 Å². The molecule has 1 aromatic carbocycles. The molecule has 5 nitrogen and oxygen atoms in total. The summed E-state index contributed by atoms with van der Waals surface area (Å²) in [5.41, 5.74) is -0.00299. The van der Waals surface area contributed by atoms with Gasteiger partial charge < -0.3 is 4.90 Å². The van der Waals surface area contributed by atoms with Crippen LogP contribution in [-0.4, -0.2) is 28.8 Å². The molecule has 0 atom stereocenters. The predicted molar refractivity (Wildman–Crippen MR) is 77.0 cm³/mol. The Morgan fingerprint density at radius 3 is 2.65 bits per heavy atom. The average molecular weight is 297 g/mol. The summed E-state index contributed by atoms with van der Waals surface area (Å²) in [7, 11) is 0. The van der Waals surface area contributed by atoms with Crippen LogP contribution in [0.4, 0.5) is 5.69 Å². The van der Waals surface area contributed by atoms with Crippen LogP contribution < -0.4 is 0 Å². The van der Waals surface area contributed by atoms with Gasteiger partial charge in [0, 0.05) is 19.2 Å². The minimum absolute atomic E-state index is 0.0693. The third-order valence-corrected chi connectivity index (χ3v) is 4.28. The van der Waals surface area contributed by atoms with E-state index in [1.54, 1.807) is 11.0 Å². The molecule has 1 amide bonds. The molecule has 0 N–H and O–H groups in total. The van der Waals surface area contributed by atoms with Gasteiger partial charge in [-0.25, -0.2) is 0 Å². The zero-order valence-corrected chi connectivity index (χ0v) is 12.1. The molecule has 0 aromatic heterocycles. The molecule has 1 heterocycles. The van der Waals surface area contributed by atoms with E-state index >= 15 is 0 Å². The third-order valence-electron chi connectivity index (χ3n) is 3.88. The number of piperidine rings is 1. The summed E-state index contributed by atoms with van der Waals surface area (Å²) in [6.45, 7) is 3.53. The first-order valence-corrected chi connectivity index (χ1v) is 7.14. The van der Waals surface area contributed by atoms with Gasteiger partial charge in [-0.3, -0.25) is 14.9 Å². The average Bonchev–Trinajstić information content (AvgIpc) is 2.46. The van der Waals surface area contributed by atoms with Crippen LogP contribution in [0.3, 0.4) is 0 Å². The van der Waals surface area contributed by atoms with Crippen LogP contribution in [0.15, 0.2) is 18.2 Å². The second kappa shape index (κ2) is 6.22. The van der Waals surface area contributed by atoms with Gasteiger partial charge in [0.1, 0.15) is 5.02 Å². The largest absolute Gasteiger partial charge is 0.339 e. The molecule has 1 saturated heterocycles. The number of nitro benzene ring substituents is 1. The van der Waals surface area contributed by atoms with Crippen molar-refractivity contribution < 1.29 is 9.72 Å². The van der Waals surface area contributed by atoms with Gasteiger partial charge in [0.05, 0.1) is 10.5 Å². The van der Waals surface area contributed by atoms with Gasteiger partial charge in [-0.1, -0.05) is 31.0 Å². The number of hydrogen-bond acceptors (Lipinski definition) is 3. The lowest BCUT2D eigenvalue weighted by Crippen LogP contribution is -2.38. The molecule has 0 saturated carbocycles.